The smallest absolute Gasteiger partial charge is 0.338 e. The second kappa shape index (κ2) is 9.65. The van der Waals surface area contributed by atoms with Crippen molar-refractivity contribution >= 4 is 34.9 Å². The molecule has 0 atom stereocenters. The first-order chi connectivity index (χ1) is 13.9. The number of carbonyl (C=O) groups is 2. The SMILES string of the molecule is Cc1cc(C)cc(C(=O)NC(=S)Nc2ccc(C(=O)OC3CCCCC3)cc2)c1. The molecular weight excluding hydrogens is 384 g/mol. The standard InChI is InChI=1S/C23H26N2O3S/c1-15-12-16(2)14-18(13-15)21(26)25-23(29)24-19-10-8-17(9-11-19)22(27)28-20-6-4-3-5-7-20/h8-14,20H,3-7H2,1-2H3,(H2,24,25,26,29). The van der Waals surface area contributed by atoms with Crippen LogP contribution in [0.2, 0.25) is 0 Å². The average molecular weight is 411 g/mol. The van der Waals surface area contributed by atoms with Gasteiger partial charge in [0, 0.05) is 11.3 Å². The van der Waals surface area contributed by atoms with Gasteiger partial charge in [-0.3, -0.25) is 10.1 Å². The van der Waals surface area contributed by atoms with Crippen LogP contribution < -0.4 is 10.6 Å². The average Bonchev–Trinajstić information content (AvgIpc) is 2.68. The highest BCUT2D eigenvalue weighted by atomic mass is 32.1. The van der Waals surface area contributed by atoms with Gasteiger partial charge in [-0.15, -0.1) is 0 Å². The van der Waals surface area contributed by atoms with Crippen LogP contribution in [0.3, 0.4) is 0 Å². The van der Waals surface area contributed by atoms with Gasteiger partial charge in [-0.2, -0.15) is 0 Å². The molecule has 0 saturated heterocycles. The number of thiocarbonyl (C=S) groups is 1. The highest BCUT2D eigenvalue weighted by Crippen LogP contribution is 2.22. The van der Waals surface area contributed by atoms with Gasteiger partial charge in [0.15, 0.2) is 5.11 Å². The maximum atomic E-state index is 12.4. The van der Waals surface area contributed by atoms with Crippen molar-refractivity contribution in [3.05, 3.63) is 64.7 Å². The van der Waals surface area contributed by atoms with E-state index >= 15 is 0 Å². The lowest BCUT2D eigenvalue weighted by atomic mass is 9.98. The van der Waals surface area contributed by atoms with E-state index in [0.717, 1.165) is 36.8 Å². The van der Waals surface area contributed by atoms with E-state index in [1.807, 2.05) is 32.0 Å². The second-order valence-corrected chi connectivity index (χ2v) is 7.94. The number of benzene rings is 2. The first-order valence-electron chi connectivity index (χ1n) is 9.92. The van der Waals surface area contributed by atoms with Crippen LogP contribution in [0, 0.1) is 13.8 Å². The Bertz CT molecular complexity index is 883. The van der Waals surface area contributed by atoms with Gasteiger partial charge in [0.1, 0.15) is 6.10 Å². The molecule has 0 heterocycles. The van der Waals surface area contributed by atoms with Crippen molar-refractivity contribution in [2.45, 2.75) is 52.1 Å². The van der Waals surface area contributed by atoms with Gasteiger partial charge in [-0.25, -0.2) is 4.79 Å². The molecule has 2 N–H and O–H groups in total. The Kier molecular flexibility index (Phi) is 6.99. The number of nitrogens with one attached hydrogen (secondary N) is 2. The Morgan fingerprint density at radius 2 is 1.55 bits per heavy atom. The zero-order chi connectivity index (χ0) is 20.8. The second-order valence-electron chi connectivity index (χ2n) is 7.53. The Balaban J connectivity index is 1.54. The normalized spacial score (nSPS) is 14.1. The third-order valence-corrected chi connectivity index (χ3v) is 5.12. The molecule has 29 heavy (non-hydrogen) atoms. The van der Waals surface area contributed by atoms with Crippen molar-refractivity contribution in [1.29, 1.82) is 0 Å². The molecule has 0 aliphatic heterocycles. The number of esters is 1. The van der Waals surface area contributed by atoms with E-state index in [2.05, 4.69) is 10.6 Å². The summed E-state index contributed by atoms with van der Waals surface area (Å²) in [6, 6.07) is 12.5. The van der Waals surface area contributed by atoms with Crippen molar-refractivity contribution in [3.8, 4) is 0 Å². The molecule has 0 bridgehead atoms. The highest BCUT2D eigenvalue weighted by Gasteiger charge is 2.18. The fourth-order valence-corrected chi connectivity index (χ4v) is 3.75. The lowest BCUT2D eigenvalue weighted by Gasteiger charge is -2.21. The molecule has 5 nitrogen and oxygen atoms in total. The lowest BCUT2D eigenvalue weighted by molar-refractivity contribution is 0.0211. The summed E-state index contributed by atoms with van der Waals surface area (Å²) in [5.74, 6) is -0.559. The predicted molar refractivity (Wildman–Crippen MR) is 118 cm³/mol. The van der Waals surface area contributed by atoms with E-state index in [1.54, 1.807) is 24.3 Å². The van der Waals surface area contributed by atoms with Gasteiger partial charge >= 0.3 is 5.97 Å². The number of hydrogen-bond donors (Lipinski definition) is 2. The molecule has 152 valence electrons. The monoisotopic (exact) mass is 410 g/mol. The first kappa shape index (κ1) is 21.0. The predicted octanol–water partition coefficient (Wildman–Crippen LogP) is 4.92. The van der Waals surface area contributed by atoms with Crippen molar-refractivity contribution in [2.24, 2.45) is 0 Å². The number of ether oxygens (including phenoxy) is 1. The quantitative estimate of drug-likeness (QED) is 0.553. The number of anilines is 1. The van der Waals surface area contributed by atoms with E-state index in [4.69, 9.17) is 17.0 Å². The maximum Gasteiger partial charge on any atom is 0.338 e. The van der Waals surface area contributed by atoms with Gasteiger partial charge in [0.2, 0.25) is 0 Å². The zero-order valence-electron chi connectivity index (χ0n) is 16.8. The fraction of sp³-hybridized carbons (Fsp3) is 0.348. The minimum absolute atomic E-state index is 0.0297. The number of rotatable bonds is 4. The minimum atomic E-state index is -0.297. The zero-order valence-corrected chi connectivity index (χ0v) is 17.6. The largest absolute Gasteiger partial charge is 0.459 e. The van der Waals surface area contributed by atoms with Crippen LogP contribution in [0.1, 0.15) is 63.9 Å². The van der Waals surface area contributed by atoms with Gasteiger partial charge in [-0.05, 0) is 88.1 Å². The van der Waals surface area contributed by atoms with Crippen molar-refractivity contribution in [3.63, 3.8) is 0 Å². The molecule has 0 aromatic heterocycles. The molecular formula is C23H26N2O3S. The Hall–Kier alpha value is -2.73. The van der Waals surface area contributed by atoms with Gasteiger partial charge in [0.05, 0.1) is 5.56 Å². The van der Waals surface area contributed by atoms with Gasteiger partial charge in [0.25, 0.3) is 5.91 Å². The van der Waals surface area contributed by atoms with E-state index < -0.39 is 0 Å². The molecule has 2 aromatic rings. The maximum absolute atomic E-state index is 12.4. The van der Waals surface area contributed by atoms with Crippen LogP contribution in [0.15, 0.2) is 42.5 Å². The van der Waals surface area contributed by atoms with Gasteiger partial charge in [-0.1, -0.05) is 23.6 Å². The molecule has 1 amide bonds. The first-order valence-corrected chi connectivity index (χ1v) is 10.3. The summed E-state index contributed by atoms with van der Waals surface area (Å²) in [7, 11) is 0. The summed E-state index contributed by atoms with van der Waals surface area (Å²) in [6.07, 6.45) is 5.37. The number of hydrogen-bond acceptors (Lipinski definition) is 4. The third kappa shape index (κ3) is 6.12. The highest BCUT2D eigenvalue weighted by molar-refractivity contribution is 7.80. The summed E-state index contributed by atoms with van der Waals surface area (Å²) >= 11 is 5.24. The molecule has 6 heteroatoms. The van der Waals surface area contributed by atoms with Crippen LogP contribution >= 0.6 is 12.2 Å². The number of aryl methyl sites for hydroxylation is 2. The summed E-state index contributed by atoms with van der Waals surface area (Å²) in [5, 5.41) is 5.85. The van der Waals surface area contributed by atoms with Crippen molar-refractivity contribution in [2.75, 3.05) is 5.32 Å². The molecule has 1 aliphatic carbocycles. The summed E-state index contributed by atoms with van der Waals surface area (Å²) < 4.78 is 5.58. The van der Waals surface area contributed by atoms with Crippen LogP contribution in [0.4, 0.5) is 5.69 Å². The fourth-order valence-electron chi connectivity index (χ4n) is 3.54. The Morgan fingerprint density at radius 3 is 2.17 bits per heavy atom. The molecule has 1 saturated carbocycles. The van der Waals surface area contributed by atoms with Gasteiger partial charge < -0.3 is 10.1 Å². The molecule has 0 unspecified atom stereocenters. The summed E-state index contributed by atoms with van der Waals surface area (Å²) in [4.78, 5) is 24.7. The summed E-state index contributed by atoms with van der Waals surface area (Å²) in [6.45, 7) is 3.89. The minimum Gasteiger partial charge on any atom is -0.459 e. The molecule has 2 aromatic carbocycles. The van der Waals surface area contributed by atoms with E-state index in [9.17, 15) is 9.59 Å². The molecule has 0 spiro atoms. The Labute approximate surface area is 176 Å². The van der Waals surface area contributed by atoms with E-state index in [0.29, 0.717) is 16.8 Å². The van der Waals surface area contributed by atoms with Crippen molar-refractivity contribution in [1.82, 2.24) is 5.32 Å². The molecule has 1 fully saturated rings. The van der Waals surface area contributed by atoms with Crippen LogP contribution in [0.5, 0.6) is 0 Å². The lowest BCUT2D eigenvalue weighted by Crippen LogP contribution is -2.34. The van der Waals surface area contributed by atoms with E-state index in [1.165, 1.54) is 6.42 Å². The topological polar surface area (TPSA) is 67.4 Å². The number of carbonyl (C=O) groups excluding carboxylic acids is 2. The summed E-state index contributed by atoms with van der Waals surface area (Å²) in [5.41, 5.74) is 3.79. The van der Waals surface area contributed by atoms with E-state index in [-0.39, 0.29) is 23.1 Å². The molecule has 3 rings (SSSR count). The van der Waals surface area contributed by atoms with Crippen LogP contribution in [-0.4, -0.2) is 23.1 Å². The molecule has 1 aliphatic rings. The van der Waals surface area contributed by atoms with Crippen molar-refractivity contribution < 1.29 is 14.3 Å². The van der Waals surface area contributed by atoms with Crippen LogP contribution in [0.25, 0.3) is 0 Å². The molecule has 0 radical (unpaired) electrons. The Morgan fingerprint density at radius 1 is 0.931 bits per heavy atom. The third-order valence-electron chi connectivity index (χ3n) is 4.92. The number of amides is 1. The van der Waals surface area contributed by atoms with Crippen LogP contribution in [-0.2, 0) is 4.74 Å².